The molecule has 12 heavy (non-hydrogen) atoms. The van der Waals surface area contributed by atoms with Gasteiger partial charge in [-0.15, -0.1) is 11.6 Å². The van der Waals surface area contributed by atoms with E-state index in [0.717, 1.165) is 25.3 Å². The van der Waals surface area contributed by atoms with Gasteiger partial charge in [-0.2, -0.15) is 0 Å². The van der Waals surface area contributed by atoms with Crippen LogP contribution in [0, 0.1) is 0 Å². The van der Waals surface area contributed by atoms with Gasteiger partial charge in [-0.1, -0.05) is 0 Å². The maximum atomic E-state index is 12.1. The van der Waals surface area contributed by atoms with Gasteiger partial charge in [0.25, 0.3) is 0 Å². The van der Waals surface area contributed by atoms with Crippen LogP contribution >= 0.6 is 11.6 Å². The zero-order valence-corrected chi connectivity index (χ0v) is 8.19. The molecule has 0 amide bonds. The summed E-state index contributed by atoms with van der Waals surface area (Å²) in [7, 11) is 0. The van der Waals surface area contributed by atoms with Crippen molar-refractivity contribution in [2.24, 2.45) is 0 Å². The predicted molar refractivity (Wildman–Crippen MR) is 50.5 cm³/mol. The quantitative estimate of drug-likeness (QED) is 0.607. The van der Waals surface area contributed by atoms with Gasteiger partial charge in [0.15, 0.2) is 0 Å². The van der Waals surface area contributed by atoms with Gasteiger partial charge >= 0.3 is 0 Å². The minimum absolute atomic E-state index is 0.211. The van der Waals surface area contributed by atoms with Crippen molar-refractivity contribution in [3.8, 4) is 0 Å². The number of hydrogen-bond donors (Lipinski definition) is 0. The second-order valence-corrected chi connectivity index (χ2v) is 3.73. The van der Waals surface area contributed by atoms with Crippen molar-refractivity contribution in [1.29, 1.82) is 0 Å². The summed E-state index contributed by atoms with van der Waals surface area (Å²) in [5, 5.41) is 0. The molecule has 0 saturated carbocycles. The lowest BCUT2D eigenvalue weighted by atomic mass is 10.1. The van der Waals surface area contributed by atoms with Gasteiger partial charge in [-0.05, 0) is 32.2 Å². The summed E-state index contributed by atoms with van der Waals surface area (Å²) in [6.45, 7) is 1.49. The van der Waals surface area contributed by atoms with Gasteiger partial charge in [0.2, 0.25) is 0 Å². The van der Waals surface area contributed by atoms with Crippen LogP contribution in [0.25, 0.3) is 0 Å². The maximum Gasteiger partial charge on any atom is 0.102 e. The minimum Gasteiger partial charge on any atom is -0.298 e. The Bertz CT molecular complexity index is 121. The first kappa shape index (κ1) is 10.3. The highest BCUT2D eigenvalue weighted by Gasteiger charge is 2.22. The minimum atomic E-state index is -0.211. The third-order valence-electron chi connectivity index (χ3n) is 2.54. The molecule has 0 N–H and O–H groups in total. The molecule has 1 rings (SSSR count). The molecule has 1 unspecified atom stereocenters. The van der Waals surface area contributed by atoms with E-state index in [0.29, 0.717) is 12.6 Å². The third kappa shape index (κ3) is 2.91. The molecule has 1 heterocycles. The zero-order valence-electron chi connectivity index (χ0n) is 7.44. The lowest BCUT2D eigenvalue weighted by molar-refractivity contribution is 0.221. The molecule has 1 atom stereocenters. The SMILES string of the molecule is FCCN1CCCC1CCCCl. The topological polar surface area (TPSA) is 3.24 Å². The van der Waals surface area contributed by atoms with Gasteiger partial charge in [0.05, 0.1) is 0 Å². The van der Waals surface area contributed by atoms with Crippen LogP contribution in [0.3, 0.4) is 0 Å². The van der Waals surface area contributed by atoms with Crippen LogP contribution in [0.2, 0.25) is 0 Å². The molecule has 0 aromatic rings. The Balaban J connectivity index is 2.20. The average Bonchev–Trinajstić information content (AvgIpc) is 2.50. The van der Waals surface area contributed by atoms with Crippen LogP contribution in [0.4, 0.5) is 4.39 Å². The average molecular weight is 194 g/mol. The fraction of sp³-hybridized carbons (Fsp3) is 1.00. The summed E-state index contributed by atoms with van der Waals surface area (Å²) >= 11 is 5.61. The molecule has 1 nitrogen and oxygen atoms in total. The molecule has 1 fully saturated rings. The number of nitrogens with zero attached hydrogens (tertiary/aromatic N) is 1. The van der Waals surface area contributed by atoms with E-state index in [1.165, 1.54) is 12.8 Å². The largest absolute Gasteiger partial charge is 0.298 e. The molecule has 0 spiro atoms. The van der Waals surface area contributed by atoms with Crippen LogP contribution in [-0.4, -0.2) is 36.6 Å². The van der Waals surface area contributed by atoms with Crippen LogP contribution in [0.1, 0.15) is 25.7 Å². The highest BCUT2D eigenvalue weighted by Crippen LogP contribution is 2.20. The van der Waals surface area contributed by atoms with E-state index in [1.54, 1.807) is 0 Å². The van der Waals surface area contributed by atoms with E-state index in [4.69, 9.17) is 11.6 Å². The summed E-state index contributed by atoms with van der Waals surface area (Å²) in [6.07, 6.45) is 4.67. The first-order valence-electron chi connectivity index (χ1n) is 4.74. The van der Waals surface area contributed by atoms with E-state index in [2.05, 4.69) is 4.90 Å². The molecule has 0 aromatic heterocycles. The first-order valence-corrected chi connectivity index (χ1v) is 5.28. The fourth-order valence-corrected chi connectivity index (χ4v) is 2.09. The Kier molecular flexibility index (Phi) is 4.93. The van der Waals surface area contributed by atoms with Crippen LogP contribution in [-0.2, 0) is 0 Å². The summed E-state index contributed by atoms with van der Waals surface area (Å²) in [5.41, 5.74) is 0. The Morgan fingerprint density at radius 2 is 2.33 bits per heavy atom. The third-order valence-corrected chi connectivity index (χ3v) is 2.81. The number of alkyl halides is 2. The van der Waals surface area contributed by atoms with Crippen LogP contribution < -0.4 is 0 Å². The number of halogens is 2. The van der Waals surface area contributed by atoms with Gasteiger partial charge in [0.1, 0.15) is 6.67 Å². The lowest BCUT2D eigenvalue weighted by Crippen LogP contribution is -2.31. The van der Waals surface area contributed by atoms with Crippen molar-refractivity contribution in [3.63, 3.8) is 0 Å². The van der Waals surface area contributed by atoms with E-state index in [1.807, 2.05) is 0 Å². The van der Waals surface area contributed by atoms with E-state index < -0.39 is 0 Å². The molecule has 0 bridgehead atoms. The number of rotatable bonds is 5. The van der Waals surface area contributed by atoms with Crippen molar-refractivity contribution in [2.75, 3.05) is 25.6 Å². The van der Waals surface area contributed by atoms with E-state index in [-0.39, 0.29) is 6.67 Å². The van der Waals surface area contributed by atoms with Gasteiger partial charge in [-0.25, -0.2) is 4.39 Å². The lowest BCUT2D eigenvalue weighted by Gasteiger charge is -2.22. The molecule has 1 saturated heterocycles. The standard InChI is InChI=1S/C9H17ClFN/c10-5-1-3-9-4-2-7-12(9)8-6-11/h9H,1-8H2. The molecule has 0 aliphatic carbocycles. The van der Waals surface area contributed by atoms with E-state index >= 15 is 0 Å². The predicted octanol–water partition coefficient (Wildman–Crippen LogP) is 2.44. The Hall–Kier alpha value is 0.180. The van der Waals surface area contributed by atoms with Crippen molar-refractivity contribution in [1.82, 2.24) is 4.90 Å². The second-order valence-electron chi connectivity index (χ2n) is 3.35. The van der Waals surface area contributed by atoms with Crippen molar-refractivity contribution in [3.05, 3.63) is 0 Å². The van der Waals surface area contributed by atoms with Gasteiger partial charge in [0, 0.05) is 18.5 Å². The highest BCUT2D eigenvalue weighted by molar-refractivity contribution is 6.17. The van der Waals surface area contributed by atoms with Crippen molar-refractivity contribution < 1.29 is 4.39 Å². The summed E-state index contributed by atoms with van der Waals surface area (Å²) in [5.74, 6) is 0.736. The Morgan fingerprint density at radius 3 is 3.00 bits per heavy atom. The first-order chi connectivity index (χ1) is 5.88. The normalized spacial score (nSPS) is 25.0. The van der Waals surface area contributed by atoms with Crippen molar-refractivity contribution >= 4 is 11.6 Å². The Labute approximate surface area is 78.9 Å². The molecular weight excluding hydrogens is 177 g/mol. The summed E-state index contributed by atoms with van der Waals surface area (Å²) < 4.78 is 12.1. The Morgan fingerprint density at radius 1 is 1.50 bits per heavy atom. The van der Waals surface area contributed by atoms with Crippen molar-refractivity contribution in [2.45, 2.75) is 31.7 Å². The fourth-order valence-electron chi connectivity index (χ4n) is 1.94. The molecule has 0 aromatic carbocycles. The number of hydrogen-bond acceptors (Lipinski definition) is 1. The second kappa shape index (κ2) is 5.76. The number of likely N-dealkylation sites (tertiary alicyclic amines) is 1. The highest BCUT2D eigenvalue weighted by atomic mass is 35.5. The summed E-state index contributed by atoms with van der Waals surface area (Å²) in [6, 6.07) is 0.611. The molecular formula is C9H17ClFN. The molecule has 1 aliphatic rings. The van der Waals surface area contributed by atoms with E-state index in [9.17, 15) is 4.39 Å². The monoisotopic (exact) mass is 193 g/mol. The van der Waals surface area contributed by atoms with Crippen LogP contribution in [0.15, 0.2) is 0 Å². The van der Waals surface area contributed by atoms with Crippen LogP contribution in [0.5, 0.6) is 0 Å². The smallest absolute Gasteiger partial charge is 0.102 e. The van der Waals surface area contributed by atoms with Gasteiger partial charge < -0.3 is 0 Å². The zero-order chi connectivity index (χ0) is 8.81. The molecule has 3 heteroatoms. The maximum absolute atomic E-state index is 12.1. The molecule has 72 valence electrons. The molecule has 1 aliphatic heterocycles. The molecule has 0 radical (unpaired) electrons. The van der Waals surface area contributed by atoms with Gasteiger partial charge in [-0.3, -0.25) is 4.90 Å². The summed E-state index contributed by atoms with van der Waals surface area (Å²) in [4.78, 5) is 2.26.